The zero-order chi connectivity index (χ0) is 13.7. The molecule has 8 heteroatoms. The van der Waals surface area contributed by atoms with E-state index in [1.54, 1.807) is 13.2 Å². The van der Waals surface area contributed by atoms with Crippen LogP contribution in [0.2, 0.25) is 0 Å². The van der Waals surface area contributed by atoms with Crippen LogP contribution in [0.3, 0.4) is 0 Å². The number of methoxy groups -OCH3 is 1. The molecule has 1 amide bonds. The van der Waals surface area contributed by atoms with E-state index < -0.39 is 0 Å². The Labute approximate surface area is 114 Å². The number of amides is 1. The van der Waals surface area contributed by atoms with E-state index in [0.29, 0.717) is 16.5 Å². The zero-order valence-electron chi connectivity index (χ0n) is 10.7. The predicted octanol–water partition coefficient (Wildman–Crippen LogP) is 1.54. The highest BCUT2D eigenvalue weighted by Gasteiger charge is 2.21. The lowest BCUT2D eigenvalue weighted by molar-refractivity contribution is 0.0934. The smallest absolute Gasteiger partial charge is 0.265 e. The van der Waals surface area contributed by atoms with Crippen LogP contribution in [-0.2, 0) is 0 Å². The Hall–Kier alpha value is -1.96. The summed E-state index contributed by atoms with van der Waals surface area (Å²) in [5.41, 5.74) is 0. The molecule has 2 aromatic rings. The number of ether oxygens (including phenoxy) is 1. The first-order valence-electron chi connectivity index (χ1n) is 5.92. The third-order valence-corrected chi connectivity index (χ3v) is 3.51. The summed E-state index contributed by atoms with van der Waals surface area (Å²) in [5, 5.41) is 18.5. The SMILES string of the molecule is CCC[C@H](NC(=O)c1sccc1OC)c1nn[nH]n1. The Morgan fingerprint density at radius 3 is 3.11 bits per heavy atom. The van der Waals surface area contributed by atoms with Crippen LogP contribution in [0, 0.1) is 0 Å². The van der Waals surface area contributed by atoms with Gasteiger partial charge in [-0.15, -0.1) is 21.5 Å². The highest BCUT2D eigenvalue weighted by atomic mass is 32.1. The van der Waals surface area contributed by atoms with Gasteiger partial charge >= 0.3 is 0 Å². The van der Waals surface area contributed by atoms with Gasteiger partial charge < -0.3 is 10.1 Å². The van der Waals surface area contributed by atoms with Crippen molar-refractivity contribution in [2.45, 2.75) is 25.8 Å². The molecule has 0 aliphatic heterocycles. The van der Waals surface area contributed by atoms with E-state index >= 15 is 0 Å². The minimum Gasteiger partial charge on any atom is -0.495 e. The molecule has 102 valence electrons. The number of thiophene rings is 1. The van der Waals surface area contributed by atoms with Crippen molar-refractivity contribution in [1.29, 1.82) is 0 Å². The number of carbonyl (C=O) groups excluding carboxylic acids is 1. The molecule has 2 heterocycles. The number of aromatic amines is 1. The molecule has 2 aromatic heterocycles. The third kappa shape index (κ3) is 3.08. The number of H-pyrrole nitrogens is 1. The molecule has 0 aliphatic rings. The van der Waals surface area contributed by atoms with Gasteiger partial charge in [0.25, 0.3) is 5.91 Å². The molecule has 0 bridgehead atoms. The van der Waals surface area contributed by atoms with Gasteiger partial charge in [0.15, 0.2) is 5.82 Å². The number of tetrazole rings is 1. The molecule has 1 atom stereocenters. The second kappa shape index (κ2) is 6.28. The van der Waals surface area contributed by atoms with Crippen molar-refractivity contribution >= 4 is 17.2 Å². The Balaban J connectivity index is 2.11. The largest absolute Gasteiger partial charge is 0.495 e. The van der Waals surface area contributed by atoms with Crippen molar-refractivity contribution in [3.05, 3.63) is 22.1 Å². The molecule has 7 nitrogen and oxygen atoms in total. The summed E-state index contributed by atoms with van der Waals surface area (Å²) in [6.07, 6.45) is 1.65. The Morgan fingerprint density at radius 1 is 1.63 bits per heavy atom. The molecule has 0 spiro atoms. The molecule has 2 N–H and O–H groups in total. The molecule has 19 heavy (non-hydrogen) atoms. The number of hydrogen-bond acceptors (Lipinski definition) is 6. The van der Waals surface area contributed by atoms with Crippen LogP contribution in [0.1, 0.15) is 41.3 Å². The van der Waals surface area contributed by atoms with E-state index in [1.807, 2.05) is 12.3 Å². The van der Waals surface area contributed by atoms with Gasteiger partial charge in [0.05, 0.1) is 13.2 Å². The van der Waals surface area contributed by atoms with E-state index in [1.165, 1.54) is 11.3 Å². The molecule has 0 aromatic carbocycles. The first kappa shape index (κ1) is 13.5. The highest BCUT2D eigenvalue weighted by Crippen LogP contribution is 2.25. The van der Waals surface area contributed by atoms with Crippen LogP contribution in [0.4, 0.5) is 0 Å². The van der Waals surface area contributed by atoms with Crippen molar-refractivity contribution in [2.24, 2.45) is 0 Å². The van der Waals surface area contributed by atoms with Crippen LogP contribution < -0.4 is 10.1 Å². The van der Waals surface area contributed by atoms with Crippen molar-refractivity contribution in [3.63, 3.8) is 0 Å². The molecule has 0 radical (unpaired) electrons. The fourth-order valence-electron chi connectivity index (χ4n) is 1.72. The van der Waals surface area contributed by atoms with E-state index in [9.17, 15) is 4.79 Å². The quantitative estimate of drug-likeness (QED) is 0.837. The minimum absolute atomic E-state index is 0.185. The molecule has 0 unspecified atom stereocenters. The summed E-state index contributed by atoms with van der Waals surface area (Å²) >= 11 is 1.34. The van der Waals surface area contributed by atoms with Crippen LogP contribution in [-0.4, -0.2) is 33.6 Å². The topological polar surface area (TPSA) is 92.8 Å². The lowest BCUT2D eigenvalue weighted by Gasteiger charge is -2.14. The average Bonchev–Trinajstić information content (AvgIpc) is 3.09. The van der Waals surface area contributed by atoms with Crippen LogP contribution >= 0.6 is 11.3 Å². The van der Waals surface area contributed by atoms with Gasteiger partial charge in [0.2, 0.25) is 0 Å². The van der Waals surface area contributed by atoms with Crippen LogP contribution in [0.25, 0.3) is 0 Å². The first-order valence-corrected chi connectivity index (χ1v) is 6.80. The molecule has 0 saturated heterocycles. The van der Waals surface area contributed by atoms with E-state index in [0.717, 1.165) is 12.8 Å². The van der Waals surface area contributed by atoms with E-state index in [2.05, 4.69) is 25.9 Å². The molecule has 0 fully saturated rings. The van der Waals surface area contributed by atoms with E-state index in [-0.39, 0.29) is 11.9 Å². The predicted molar refractivity (Wildman–Crippen MR) is 70.2 cm³/mol. The Morgan fingerprint density at radius 2 is 2.47 bits per heavy atom. The maximum Gasteiger partial charge on any atom is 0.265 e. The molecule has 0 aliphatic carbocycles. The molecular weight excluding hydrogens is 266 g/mol. The number of carbonyl (C=O) groups is 1. The Kier molecular flexibility index (Phi) is 4.45. The summed E-state index contributed by atoms with van der Waals surface area (Å²) in [6, 6.07) is 1.52. The molecular formula is C11H15N5O2S. The number of hydrogen-bond donors (Lipinski definition) is 2. The van der Waals surface area contributed by atoms with Gasteiger partial charge in [-0.05, 0) is 17.9 Å². The van der Waals surface area contributed by atoms with Gasteiger partial charge in [-0.3, -0.25) is 4.79 Å². The van der Waals surface area contributed by atoms with Gasteiger partial charge in [-0.25, -0.2) is 0 Å². The lowest BCUT2D eigenvalue weighted by atomic mass is 10.1. The van der Waals surface area contributed by atoms with E-state index in [4.69, 9.17) is 4.74 Å². The fourth-order valence-corrected chi connectivity index (χ4v) is 2.48. The maximum absolute atomic E-state index is 12.2. The summed E-state index contributed by atoms with van der Waals surface area (Å²) in [7, 11) is 1.54. The monoisotopic (exact) mass is 281 g/mol. The van der Waals surface area contributed by atoms with Gasteiger partial charge in [0, 0.05) is 0 Å². The fraction of sp³-hybridized carbons (Fsp3) is 0.455. The summed E-state index contributed by atoms with van der Waals surface area (Å²) in [4.78, 5) is 12.7. The molecule has 0 saturated carbocycles. The lowest BCUT2D eigenvalue weighted by Crippen LogP contribution is -2.29. The second-order valence-corrected chi connectivity index (χ2v) is 4.82. The van der Waals surface area contributed by atoms with Crippen LogP contribution in [0.5, 0.6) is 5.75 Å². The Bertz CT molecular complexity index is 525. The third-order valence-electron chi connectivity index (χ3n) is 2.61. The van der Waals surface area contributed by atoms with Crippen molar-refractivity contribution in [1.82, 2.24) is 25.9 Å². The molecule has 2 rings (SSSR count). The van der Waals surface area contributed by atoms with Crippen LogP contribution in [0.15, 0.2) is 11.4 Å². The highest BCUT2D eigenvalue weighted by molar-refractivity contribution is 7.12. The summed E-state index contributed by atoms with van der Waals surface area (Å²) in [5.74, 6) is 0.881. The van der Waals surface area contributed by atoms with Crippen molar-refractivity contribution in [2.75, 3.05) is 7.11 Å². The number of rotatable bonds is 6. The minimum atomic E-state index is -0.247. The zero-order valence-corrected chi connectivity index (χ0v) is 11.5. The number of aromatic nitrogens is 4. The standard InChI is InChI=1S/C11H15N5O2S/c1-3-4-7(10-13-15-16-14-10)12-11(17)9-8(18-2)5-6-19-9/h5-7H,3-4H2,1-2H3,(H,12,17)(H,13,14,15,16)/t7-/m0/s1. The average molecular weight is 281 g/mol. The van der Waals surface area contributed by atoms with Gasteiger partial charge in [-0.1, -0.05) is 18.6 Å². The maximum atomic E-state index is 12.2. The summed E-state index contributed by atoms with van der Waals surface area (Å²) < 4.78 is 5.14. The number of nitrogens with zero attached hydrogens (tertiary/aromatic N) is 3. The van der Waals surface area contributed by atoms with Crippen molar-refractivity contribution in [3.8, 4) is 5.75 Å². The van der Waals surface area contributed by atoms with Gasteiger partial charge in [0.1, 0.15) is 10.6 Å². The van der Waals surface area contributed by atoms with Crippen molar-refractivity contribution < 1.29 is 9.53 Å². The number of nitrogens with one attached hydrogen (secondary N) is 2. The summed E-state index contributed by atoms with van der Waals surface area (Å²) in [6.45, 7) is 2.03. The first-order chi connectivity index (χ1) is 9.26. The normalized spacial score (nSPS) is 12.1. The van der Waals surface area contributed by atoms with Gasteiger partial charge in [-0.2, -0.15) is 5.21 Å². The second-order valence-electron chi connectivity index (χ2n) is 3.90.